The van der Waals surface area contributed by atoms with Crippen molar-refractivity contribution in [3.05, 3.63) is 136 Å². The van der Waals surface area contributed by atoms with Gasteiger partial charge in [0.1, 0.15) is 23.6 Å². The number of nitrogens with zero attached hydrogens (tertiary/aromatic N) is 4. The highest BCUT2D eigenvalue weighted by molar-refractivity contribution is 6.07. The zero-order chi connectivity index (χ0) is 35.5. The van der Waals surface area contributed by atoms with Crippen LogP contribution in [-0.4, -0.2) is 0 Å². The third-order valence-corrected chi connectivity index (χ3v) is 9.23. The summed E-state index contributed by atoms with van der Waals surface area (Å²) in [6, 6.07) is 31.6. The molecule has 0 amide bonds. The highest BCUT2D eigenvalue weighted by Crippen LogP contribution is 2.55. The summed E-state index contributed by atoms with van der Waals surface area (Å²) in [5.74, 6) is -1.84. The molecule has 10 heteroatoms. The summed E-state index contributed by atoms with van der Waals surface area (Å²) in [6.07, 6.45) is -9.00. The van der Waals surface area contributed by atoms with E-state index in [0.717, 1.165) is 24.3 Å². The fourth-order valence-electron chi connectivity index (χ4n) is 6.91. The molecule has 0 N–H and O–H groups in total. The summed E-state index contributed by atoms with van der Waals surface area (Å²) in [7, 11) is 0. The molecule has 7 rings (SSSR count). The van der Waals surface area contributed by atoms with E-state index < -0.39 is 35.3 Å². The fraction of sp³-hybridized carbons (Fsp3) is 0.100. The summed E-state index contributed by atoms with van der Waals surface area (Å²) >= 11 is 0. The average molecular weight is 669 g/mol. The number of halogens is 6. The zero-order valence-corrected chi connectivity index (χ0v) is 25.4. The van der Waals surface area contributed by atoms with E-state index in [0.29, 0.717) is 72.3 Å². The number of rotatable bonds is 3. The SMILES string of the molecule is N#CC(C#N)=C1c2cc(-c3ccc(C(F)(F)F)cc3)ccc2-c2cc3c(cc21)-c1ccc(-c2ccc(C(F)(F)F)cc2)cc1C3C(C#N)C#N. The Morgan fingerprint density at radius 3 is 1.44 bits per heavy atom. The Kier molecular flexibility index (Phi) is 7.36. The van der Waals surface area contributed by atoms with Gasteiger partial charge in [0, 0.05) is 11.5 Å². The Labute approximate surface area is 281 Å². The Hall–Kier alpha value is -6.62. The lowest BCUT2D eigenvalue weighted by Gasteiger charge is -2.16. The summed E-state index contributed by atoms with van der Waals surface area (Å²) in [6.45, 7) is 0. The first-order chi connectivity index (χ1) is 23.9. The Bertz CT molecular complexity index is 2410. The van der Waals surface area contributed by atoms with E-state index in [2.05, 4.69) is 12.1 Å². The topological polar surface area (TPSA) is 95.2 Å². The second-order valence-corrected chi connectivity index (χ2v) is 11.9. The maximum atomic E-state index is 13.2. The molecule has 0 spiro atoms. The normalized spacial score (nSPS) is 14.1. The van der Waals surface area contributed by atoms with Crippen LogP contribution in [0.5, 0.6) is 0 Å². The molecule has 0 aliphatic heterocycles. The van der Waals surface area contributed by atoms with Crippen LogP contribution in [0.3, 0.4) is 0 Å². The lowest BCUT2D eigenvalue weighted by molar-refractivity contribution is -0.138. The molecule has 2 aliphatic rings. The van der Waals surface area contributed by atoms with Crippen molar-refractivity contribution in [2.24, 2.45) is 5.92 Å². The van der Waals surface area contributed by atoms with E-state index >= 15 is 0 Å². The molecule has 0 radical (unpaired) electrons. The van der Waals surface area contributed by atoms with Crippen LogP contribution in [0.1, 0.15) is 39.3 Å². The van der Waals surface area contributed by atoms with Crippen molar-refractivity contribution < 1.29 is 26.3 Å². The van der Waals surface area contributed by atoms with Crippen LogP contribution in [0.4, 0.5) is 26.3 Å². The molecule has 0 saturated heterocycles. The van der Waals surface area contributed by atoms with E-state index in [9.17, 15) is 47.4 Å². The van der Waals surface area contributed by atoms with Crippen LogP contribution in [-0.2, 0) is 12.4 Å². The second-order valence-electron chi connectivity index (χ2n) is 11.9. The highest BCUT2D eigenvalue weighted by atomic mass is 19.4. The van der Waals surface area contributed by atoms with Gasteiger partial charge in [0.05, 0.1) is 23.3 Å². The summed E-state index contributed by atoms with van der Waals surface area (Å²) in [5.41, 5.74) is 5.81. The van der Waals surface area contributed by atoms with Crippen molar-refractivity contribution in [1.82, 2.24) is 0 Å². The second kappa shape index (κ2) is 11.5. The lowest BCUT2D eigenvalue weighted by Crippen LogP contribution is -2.09. The summed E-state index contributed by atoms with van der Waals surface area (Å²) < 4.78 is 79.2. The van der Waals surface area contributed by atoms with Crippen molar-refractivity contribution in [3.63, 3.8) is 0 Å². The third kappa shape index (κ3) is 5.07. The number of hydrogen-bond acceptors (Lipinski definition) is 4. The number of hydrogen-bond donors (Lipinski definition) is 0. The first-order valence-electron chi connectivity index (χ1n) is 15.0. The van der Waals surface area contributed by atoms with Gasteiger partial charge in [0.2, 0.25) is 0 Å². The van der Waals surface area contributed by atoms with Gasteiger partial charge in [0.25, 0.3) is 0 Å². The minimum atomic E-state index is -4.50. The average Bonchev–Trinajstić information content (AvgIpc) is 3.59. The van der Waals surface area contributed by atoms with Gasteiger partial charge >= 0.3 is 12.4 Å². The Morgan fingerprint density at radius 2 is 0.940 bits per heavy atom. The van der Waals surface area contributed by atoms with Crippen LogP contribution < -0.4 is 0 Å². The fourth-order valence-corrected chi connectivity index (χ4v) is 6.91. The van der Waals surface area contributed by atoms with Crippen LogP contribution in [0.25, 0.3) is 50.1 Å². The molecule has 4 nitrogen and oxygen atoms in total. The van der Waals surface area contributed by atoms with Gasteiger partial charge in [-0.1, -0.05) is 48.5 Å². The first-order valence-corrected chi connectivity index (χ1v) is 15.0. The van der Waals surface area contributed by atoms with Crippen molar-refractivity contribution in [2.45, 2.75) is 18.3 Å². The maximum Gasteiger partial charge on any atom is 0.416 e. The standard InChI is InChI=1S/C40H18F6N4/c41-39(42,43)27-7-1-21(2-8-27)23-5-11-29-31-15-36-32(16-35(31)37(33(29)13-23)25(17-47)18-48)30-12-6-24(14-34(30)38(36)26(19-49)20-50)22-3-9-28(10-4-22)40(44,45)46/h1-16,25,37H. The zero-order valence-electron chi connectivity index (χ0n) is 25.4. The van der Waals surface area contributed by atoms with Crippen molar-refractivity contribution in [3.8, 4) is 68.8 Å². The largest absolute Gasteiger partial charge is 0.416 e. The molecule has 0 heterocycles. The van der Waals surface area contributed by atoms with Crippen molar-refractivity contribution >= 4 is 5.57 Å². The molecule has 50 heavy (non-hydrogen) atoms. The Morgan fingerprint density at radius 1 is 0.480 bits per heavy atom. The van der Waals surface area contributed by atoms with E-state index in [-0.39, 0.29) is 5.57 Å². The number of fused-ring (bicyclic) bond motifs is 6. The minimum Gasteiger partial charge on any atom is -0.197 e. The summed E-state index contributed by atoms with van der Waals surface area (Å²) in [5, 5.41) is 40.1. The molecule has 2 aliphatic carbocycles. The van der Waals surface area contributed by atoms with E-state index in [1.807, 2.05) is 24.3 Å². The van der Waals surface area contributed by atoms with E-state index in [4.69, 9.17) is 0 Å². The number of allylic oxidation sites excluding steroid dienone is 1. The number of benzene rings is 5. The maximum absolute atomic E-state index is 13.2. The van der Waals surface area contributed by atoms with Gasteiger partial charge in [-0.3, -0.25) is 0 Å². The van der Waals surface area contributed by atoms with Crippen LogP contribution in [0.2, 0.25) is 0 Å². The van der Waals surface area contributed by atoms with Gasteiger partial charge in [-0.05, 0) is 115 Å². The van der Waals surface area contributed by atoms with Crippen molar-refractivity contribution in [2.75, 3.05) is 0 Å². The summed E-state index contributed by atoms with van der Waals surface area (Å²) in [4.78, 5) is 0. The molecule has 5 aromatic rings. The van der Waals surface area contributed by atoms with Gasteiger partial charge in [-0.2, -0.15) is 47.4 Å². The molecule has 0 saturated carbocycles. The van der Waals surface area contributed by atoms with Gasteiger partial charge < -0.3 is 0 Å². The first kappa shape index (κ1) is 32.0. The molecule has 240 valence electrons. The van der Waals surface area contributed by atoms with E-state index in [1.54, 1.807) is 36.4 Å². The minimum absolute atomic E-state index is 0.172. The van der Waals surface area contributed by atoms with Crippen LogP contribution >= 0.6 is 0 Å². The van der Waals surface area contributed by atoms with E-state index in [1.165, 1.54) is 24.3 Å². The predicted molar refractivity (Wildman–Crippen MR) is 172 cm³/mol. The number of alkyl halides is 6. The number of nitriles is 4. The quantitative estimate of drug-likeness (QED) is 0.138. The monoisotopic (exact) mass is 668 g/mol. The molecule has 0 bridgehead atoms. The van der Waals surface area contributed by atoms with Gasteiger partial charge in [-0.15, -0.1) is 0 Å². The lowest BCUT2D eigenvalue weighted by atomic mass is 9.84. The third-order valence-electron chi connectivity index (χ3n) is 9.23. The van der Waals surface area contributed by atoms with Gasteiger partial charge in [-0.25, -0.2) is 0 Å². The molecular formula is C40H18F6N4. The Balaban J connectivity index is 1.39. The molecule has 5 aromatic carbocycles. The highest BCUT2D eigenvalue weighted by Gasteiger charge is 2.39. The smallest absolute Gasteiger partial charge is 0.197 e. The molecular weight excluding hydrogens is 650 g/mol. The molecule has 0 fully saturated rings. The molecule has 0 aromatic heterocycles. The van der Waals surface area contributed by atoms with Crippen LogP contribution in [0, 0.1) is 51.2 Å². The van der Waals surface area contributed by atoms with Crippen molar-refractivity contribution in [1.29, 1.82) is 21.0 Å². The molecule has 1 unspecified atom stereocenters. The van der Waals surface area contributed by atoms with Gasteiger partial charge in [0.15, 0.2) is 0 Å². The molecule has 1 atom stereocenters. The van der Waals surface area contributed by atoms with Crippen LogP contribution in [0.15, 0.2) is 103 Å². The predicted octanol–water partition coefficient (Wildman–Crippen LogP) is 10.7.